The fraction of sp³-hybridized carbons (Fsp3) is 0.774. The van der Waals surface area contributed by atoms with Gasteiger partial charge in [-0.15, -0.1) is 0 Å². The minimum atomic E-state index is -0.797. The summed E-state index contributed by atoms with van der Waals surface area (Å²) in [6, 6.07) is -0.713. The molecule has 0 spiro atoms. The van der Waals surface area contributed by atoms with Gasteiger partial charge in [-0.3, -0.25) is 9.59 Å². The van der Waals surface area contributed by atoms with Crippen molar-refractivity contribution in [2.24, 2.45) is 0 Å². The highest BCUT2D eigenvalue weighted by molar-refractivity contribution is 5.77. The van der Waals surface area contributed by atoms with Crippen molar-refractivity contribution >= 4 is 11.9 Å². The quantitative estimate of drug-likeness (QED) is 0.0323. The van der Waals surface area contributed by atoms with Gasteiger partial charge in [0.25, 0.3) is 0 Å². The number of hydrogen-bond donors (Lipinski definition) is 3. The van der Waals surface area contributed by atoms with E-state index in [-0.39, 0.29) is 24.9 Å². The van der Waals surface area contributed by atoms with Crippen LogP contribution in [-0.2, 0) is 14.3 Å². The largest absolute Gasteiger partial charge is 0.462 e. The van der Waals surface area contributed by atoms with Crippen LogP contribution in [-0.4, -0.2) is 46.9 Å². The van der Waals surface area contributed by atoms with Gasteiger partial charge < -0.3 is 20.3 Å². The summed E-state index contributed by atoms with van der Waals surface area (Å²) in [5.41, 5.74) is 0. The molecule has 0 bridgehead atoms. The Morgan fingerprint density at radius 3 is 1.42 bits per heavy atom. The van der Waals surface area contributed by atoms with Crippen molar-refractivity contribution in [3.05, 3.63) is 60.8 Å². The van der Waals surface area contributed by atoms with Crippen molar-refractivity contribution in [1.29, 1.82) is 0 Å². The monoisotopic (exact) mass is 826 g/mol. The summed E-state index contributed by atoms with van der Waals surface area (Å²) in [6.45, 7) is 6.31. The number of nitrogens with one attached hydrogen (secondary N) is 1. The SMILES string of the molecule is CC/C=C/C=C/C=C\CCCCCCCC(=O)OC(CCCCCC/C=C/C=C/CCCCC)CC(=O)NC(CO)C(O)CCCCCCCCCCCCCCCC. The van der Waals surface area contributed by atoms with Gasteiger partial charge in [0, 0.05) is 6.42 Å². The highest BCUT2D eigenvalue weighted by Gasteiger charge is 2.24. The topological polar surface area (TPSA) is 95.9 Å². The molecule has 6 nitrogen and oxygen atoms in total. The van der Waals surface area contributed by atoms with E-state index in [0.29, 0.717) is 19.3 Å². The number of amides is 1. The number of aliphatic hydroxyl groups excluding tert-OH is 2. The van der Waals surface area contributed by atoms with E-state index in [9.17, 15) is 19.8 Å². The van der Waals surface area contributed by atoms with Gasteiger partial charge in [-0.2, -0.15) is 0 Å². The first-order chi connectivity index (χ1) is 29.0. The van der Waals surface area contributed by atoms with Crippen molar-refractivity contribution in [1.82, 2.24) is 5.32 Å². The molecule has 0 rings (SSSR count). The van der Waals surface area contributed by atoms with E-state index in [0.717, 1.165) is 103 Å². The van der Waals surface area contributed by atoms with Crippen LogP contribution in [0.3, 0.4) is 0 Å². The van der Waals surface area contributed by atoms with Crippen molar-refractivity contribution in [3.8, 4) is 0 Å². The van der Waals surface area contributed by atoms with Gasteiger partial charge in [-0.05, 0) is 70.6 Å². The summed E-state index contributed by atoms with van der Waals surface area (Å²) in [5.74, 6) is -0.518. The molecule has 0 aromatic rings. The molecular weight excluding hydrogens is 731 g/mol. The molecule has 0 aliphatic heterocycles. The Balaban J connectivity index is 4.62. The second-order valence-corrected chi connectivity index (χ2v) is 16.9. The van der Waals surface area contributed by atoms with Crippen LogP contribution >= 0.6 is 0 Å². The summed E-state index contributed by atoms with van der Waals surface area (Å²) in [4.78, 5) is 26.1. The van der Waals surface area contributed by atoms with Crippen LogP contribution in [0.4, 0.5) is 0 Å². The van der Waals surface area contributed by atoms with Crippen molar-refractivity contribution in [3.63, 3.8) is 0 Å². The first kappa shape index (κ1) is 56.6. The summed E-state index contributed by atoms with van der Waals surface area (Å²) in [5, 5.41) is 23.7. The third-order valence-corrected chi connectivity index (χ3v) is 11.2. The number of hydrogen-bond acceptors (Lipinski definition) is 5. The lowest BCUT2D eigenvalue weighted by atomic mass is 10.0. The fourth-order valence-corrected chi connectivity index (χ4v) is 7.36. The van der Waals surface area contributed by atoms with Gasteiger partial charge in [-0.1, -0.05) is 216 Å². The molecule has 0 aliphatic carbocycles. The minimum Gasteiger partial charge on any atom is -0.462 e. The third-order valence-electron chi connectivity index (χ3n) is 11.2. The lowest BCUT2D eigenvalue weighted by Gasteiger charge is -2.24. The molecule has 0 aromatic heterocycles. The molecule has 0 aliphatic rings. The van der Waals surface area contributed by atoms with E-state index in [4.69, 9.17) is 4.74 Å². The maximum atomic E-state index is 13.2. The molecule has 1 amide bonds. The second-order valence-electron chi connectivity index (χ2n) is 16.9. The molecule has 0 radical (unpaired) electrons. The normalized spacial score (nSPS) is 13.8. The van der Waals surface area contributed by atoms with Gasteiger partial charge in [-0.25, -0.2) is 0 Å². The number of carbonyl (C=O) groups excluding carboxylic acids is 2. The zero-order chi connectivity index (χ0) is 43.1. The third kappa shape index (κ3) is 42.1. The highest BCUT2D eigenvalue weighted by atomic mass is 16.5. The Kier molecular flexibility index (Phi) is 44.7. The van der Waals surface area contributed by atoms with Gasteiger partial charge in [0.2, 0.25) is 5.91 Å². The van der Waals surface area contributed by atoms with Crippen LogP contribution in [0.2, 0.25) is 0 Å². The molecule has 342 valence electrons. The zero-order valence-electron chi connectivity index (χ0n) is 38.9. The van der Waals surface area contributed by atoms with Crippen LogP contribution in [0.1, 0.15) is 239 Å². The number of rotatable bonds is 44. The Bertz CT molecular complexity index is 1060. The van der Waals surface area contributed by atoms with Gasteiger partial charge in [0.05, 0.1) is 25.2 Å². The number of ether oxygens (including phenoxy) is 1. The first-order valence-electron chi connectivity index (χ1n) is 25.1. The number of esters is 1. The van der Waals surface area contributed by atoms with E-state index in [1.807, 2.05) is 0 Å². The number of allylic oxidation sites excluding steroid dienone is 10. The lowest BCUT2D eigenvalue weighted by molar-refractivity contribution is -0.151. The molecule has 0 fully saturated rings. The maximum Gasteiger partial charge on any atom is 0.306 e. The summed E-state index contributed by atoms with van der Waals surface area (Å²) in [7, 11) is 0. The average Bonchev–Trinajstić information content (AvgIpc) is 3.23. The summed E-state index contributed by atoms with van der Waals surface area (Å²) >= 11 is 0. The van der Waals surface area contributed by atoms with Crippen LogP contribution in [0, 0.1) is 0 Å². The van der Waals surface area contributed by atoms with E-state index < -0.39 is 18.2 Å². The molecular formula is C53H95NO5. The standard InChI is InChI=1S/C53H95NO5/c1-4-7-10-13-16-19-22-25-28-30-33-36-39-42-45-51(56)50(48-55)54-52(57)47-49(44-41-38-35-32-29-26-23-20-17-14-11-8-5-2)59-53(58)46-43-40-37-34-31-27-24-21-18-15-12-9-6-3/h9,12,15,17-18,20-21,23-24,26,49-51,55-56H,4-8,10-11,13-14,16,19,22,25,27-48H2,1-3H3,(H,54,57)/b12-9+,18-15+,20-17+,24-21-,26-23+. The van der Waals surface area contributed by atoms with Crippen LogP contribution in [0.15, 0.2) is 60.8 Å². The Morgan fingerprint density at radius 1 is 0.508 bits per heavy atom. The van der Waals surface area contributed by atoms with Crippen molar-refractivity contribution < 1.29 is 24.5 Å². The molecule has 3 unspecified atom stereocenters. The molecule has 3 atom stereocenters. The van der Waals surface area contributed by atoms with Crippen LogP contribution < -0.4 is 5.32 Å². The Hall–Kier alpha value is -2.44. The smallest absolute Gasteiger partial charge is 0.306 e. The number of carbonyl (C=O) groups is 2. The van der Waals surface area contributed by atoms with E-state index in [1.165, 1.54) is 89.9 Å². The van der Waals surface area contributed by atoms with Gasteiger partial charge in [0.15, 0.2) is 0 Å². The molecule has 0 heterocycles. The summed E-state index contributed by atoms with van der Waals surface area (Å²) in [6.07, 6.45) is 57.0. The minimum absolute atomic E-state index is 0.0543. The Labute approximate surface area is 365 Å². The zero-order valence-corrected chi connectivity index (χ0v) is 38.9. The summed E-state index contributed by atoms with van der Waals surface area (Å²) < 4.78 is 5.90. The van der Waals surface area contributed by atoms with E-state index in [1.54, 1.807) is 0 Å². The maximum absolute atomic E-state index is 13.2. The number of unbranched alkanes of at least 4 members (excludes halogenated alkanes) is 25. The highest BCUT2D eigenvalue weighted by Crippen LogP contribution is 2.17. The van der Waals surface area contributed by atoms with Gasteiger partial charge in [0.1, 0.15) is 6.10 Å². The van der Waals surface area contributed by atoms with E-state index in [2.05, 4.69) is 86.8 Å². The average molecular weight is 826 g/mol. The molecule has 59 heavy (non-hydrogen) atoms. The van der Waals surface area contributed by atoms with Crippen molar-refractivity contribution in [2.45, 2.75) is 257 Å². The predicted molar refractivity (Wildman–Crippen MR) is 255 cm³/mol. The molecule has 0 saturated heterocycles. The van der Waals surface area contributed by atoms with E-state index >= 15 is 0 Å². The van der Waals surface area contributed by atoms with Crippen LogP contribution in [0.25, 0.3) is 0 Å². The van der Waals surface area contributed by atoms with Crippen LogP contribution in [0.5, 0.6) is 0 Å². The lowest BCUT2D eigenvalue weighted by Crippen LogP contribution is -2.46. The molecule has 3 N–H and O–H groups in total. The molecule has 0 aromatic carbocycles. The fourth-order valence-electron chi connectivity index (χ4n) is 7.36. The van der Waals surface area contributed by atoms with Crippen molar-refractivity contribution in [2.75, 3.05) is 6.61 Å². The molecule has 6 heteroatoms. The first-order valence-corrected chi connectivity index (χ1v) is 25.1. The Morgan fingerprint density at radius 2 is 0.915 bits per heavy atom. The molecule has 0 saturated carbocycles. The van der Waals surface area contributed by atoms with Gasteiger partial charge >= 0.3 is 5.97 Å². The second kappa shape index (κ2) is 46.6. The number of aliphatic hydroxyl groups is 2. The predicted octanol–water partition coefficient (Wildman–Crippen LogP) is 14.8.